The maximum atomic E-state index is 11.9. The summed E-state index contributed by atoms with van der Waals surface area (Å²) in [6.07, 6.45) is 5.71. The van der Waals surface area contributed by atoms with Crippen molar-refractivity contribution in [3.63, 3.8) is 0 Å². The summed E-state index contributed by atoms with van der Waals surface area (Å²) < 4.78 is 12.6. The molecule has 0 spiro atoms. The van der Waals surface area contributed by atoms with Gasteiger partial charge in [0.05, 0.1) is 0 Å². The Balaban J connectivity index is 2.68. The third-order valence-corrected chi connectivity index (χ3v) is 3.29. The fourth-order valence-electron chi connectivity index (χ4n) is 1.44. The van der Waals surface area contributed by atoms with Crippen LogP contribution < -0.4 is 10.9 Å². The SMILES string of the molecule is CCn1ccnc(NC(C)CCS(C)=O)c1=O. The van der Waals surface area contributed by atoms with Crippen LogP contribution >= 0.6 is 0 Å². The number of hydrogen-bond acceptors (Lipinski definition) is 4. The number of aromatic nitrogens is 2. The third kappa shape index (κ3) is 4.30. The predicted octanol–water partition coefficient (Wildman–Crippen LogP) is 0.832. The third-order valence-electron chi connectivity index (χ3n) is 2.48. The minimum Gasteiger partial charge on any atom is -0.363 e. The molecule has 0 aliphatic rings. The maximum Gasteiger partial charge on any atom is 0.293 e. The van der Waals surface area contributed by atoms with Gasteiger partial charge in [0.25, 0.3) is 5.56 Å². The van der Waals surface area contributed by atoms with Crippen molar-refractivity contribution in [2.24, 2.45) is 0 Å². The van der Waals surface area contributed by atoms with Gasteiger partial charge >= 0.3 is 0 Å². The smallest absolute Gasteiger partial charge is 0.293 e. The molecule has 1 N–H and O–H groups in total. The highest BCUT2D eigenvalue weighted by Crippen LogP contribution is 2.01. The predicted molar refractivity (Wildman–Crippen MR) is 70.8 cm³/mol. The van der Waals surface area contributed by atoms with E-state index >= 15 is 0 Å². The summed E-state index contributed by atoms with van der Waals surface area (Å²) in [6, 6.07) is 0.0896. The van der Waals surface area contributed by atoms with E-state index in [1.807, 2.05) is 13.8 Å². The lowest BCUT2D eigenvalue weighted by Gasteiger charge is -2.13. The molecule has 0 radical (unpaired) electrons. The highest BCUT2D eigenvalue weighted by atomic mass is 32.2. The van der Waals surface area contributed by atoms with Gasteiger partial charge in [-0.15, -0.1) is 0 Å². The van der Waals surface area contributed by atoms with Crippen molar-refractivity contribution in [3.05, 3.63) is 22.7 Å². The minimum absolute atomic E-state index is 0.0896. The standard InChI is InChI=1S/C11H19N3O2S/c1-4-14-7-6-12-10(11(14)15)13-9(2)5-8-17(3)16/h6-7,9H,4-5,8H2,1-3H3,(H,12,13). The minimum atomic E-state index is -0.799. The van der Waals surface area contributed by atoms with Crippen LogP contribution in [0.3, 0.4) is 0 Å². The highest BCUT2D eigenvalue weighted by Gasteiger charge is 2.08. The zero-order chi connectivity index (χ0) is 12.8. The van der Waals surface area contributed by atoms with Gasteiger partial charge in [0.15, 0.2) is 5.82 Å². The first-order valence-corrected chi connectivity index (χ1v) is 7.39. The van der Waals surface area contributed by atoms with Crippen molar-refractivity contribution in [2.45, 2.75) is 32.9 Å². The fraction of sp³-hybridized carbons (Fsp3) is 0.636. The molecule has 0 aliphatic heterocycles. The van der Waals surface area contributed by atoms with Crippen LogP contribution in [0.15, 0.2) is 17.2 Å². The number of aryl methyl sites for hydroxylation is 1. The van der Waals surface area contributed by atoms with Gasteiger partial charge in [-0.2, -0.15) is 0 Å². The number of nitrogens with zero attached hydrogens (tertiary/aromatic N) is 2. The van der Waals surface area contributed by atoms with Gasteiger partial charge in [-0.1, -0.05) is 0 Å². The summed E-state index contributed by atoms with van der Waals surface area (Å²) in [5, 5.41) is 3.06. The van der Waals surface area contributed by atoms with Crippen molar-refractivity contribution < 1.29 is 4.21 Å². The Kier molecular flexibility index (Phi) is 5.34. The quantitative estimate of drug-likeness (QED) is 0.820. The topological polar surface area (TPSA) is 64.0 Å². The second-order valence-electron chi connectivity index (χ2n) is 3.98. The van der Waals surface area contributed by atoms with E-state index in [0.717, 1.165) is 6.42 Å². The van der Waals surface area contributed by atoms with Crippen molar-refractivity contribution >= 4 is 16.6 Å². The Bertz CT molecular complexity index is 445. The van der Waals surface area contributed by atoms with Gasteiger partial charge in [0.2, 0.25) is 0 Å². The van der Waals surface area contributed by atoms with Crippen LogP contribution in [0.1, 0.15) is 20.3 Å². The van der Waals surface area contributed by atoms with Crippen LogP contribution in [-0.2, 0) is 17.3 Å². The Morgan fingerprint density at radius 3 is 2.88 bits per heavy atom. The van der Waals surface area contributed by atoms with Gasteiger partial charge in [-0.3, -0.25) is 9.00 Å². The summed E-state index contributed by atoms with van der Waals surface area (Å²) in [5.74, 6) is 0.993. The van der Waals surface area contributed by atoms with Gasteiger partial charge in [-0.25, -0.2) is 4.98 Å². The molecule has 0 saturated heterocycles. The van der Waals surface area contributed by atoms with E-state index in [9.17, 15) is 9.00 Å². The second-order valence-corrected chi connectivity index (χ2v) is 5.53. The highest BCUT2D eigenvalue weighted by molar-refractivity contribution is 7.84. The molecule has 0 aliphatic carbocycles. The van der Waals surface area contributed by atoms with Gasteiger partial charge in [-0.05, 0) is 20.3 Å². The van der Waals surface area contributed by atoms with Crippen LogP contribution in [0.25, 0.3) is 0 Å². The molecule has 0 bridgehead atoms. The number of hydrogen-bond donors (Lipinski definition) is 1. The van der Waals surface area contributed by atoms with Gasteiger partial charge in [0, 0.05) is 47.8 Å². The summed E-state index contributed by atoms with van der Waals surface area (Å²) >= 11 is 0. The van der Waals surface area contributed by atoms with Crippen molar-refractivity contribution in [1.29, 1.82) is 0 Å². The lowest BCUT2D eigenvalue weighted by Crippen LogP contribution is -2.28. The Hall–Kier alpha value is -1.17. The van der Waals surface area contributed by atoms with E-state index in [1.165, 1.54) is 0 Å². The average molecular weight is 257 g/mol. The van der Waals surface area contributed by atoms with Crippen LogP contribution in [-0.4, -0.2) is 31.8 Å². The van der Waals surface area contributed by atoms with Crippen LogP contribution in [0.5, 0.6) is 0 Å². The normalized spacial score (nSPS) is 14.3. The Morgan fingerprint density at radius 1 is 1.59 bits per heavy atom. The number of rotatable bonds is 6. The lowest BCUT2D eigenvalue weighted by atomic mass is 10.2. The molecular formula is C11H19N3O2S. The molecule has 96 valence electrons. The summed E-state index contributed by atoms with van der Waals surface area (Å²) in [7, 11) is -0.799. The van der Waals surface area contributed by atoms with E-state index in [2.05, 4.69) is 10.3 Å². The molecule has 0 amide bonds. The van der Waals surface area contributed by atoms with E-state index < -0.39 is 10.8 Å². The van der Waals surface area contributed by atoms with Gasteiger partial charge in [0.1, 0.15) is 0 Å². The van der Waals surface area contributed by atoms with E-state index in [-0.39, 0.29) is 11.6 Å². The van der Waals surface area contributed by atoms with Crippen molar-refractivity contribution in [1.82, 2.24) is 9.55 Å². The monoisotopic (exact) mass is 257 g/mol. The van der Waals surface area contributed by atoms with Crippen LogP contribution in [0.2, 0.25) is 0 Å². The average Bonchev–Trinajstić information content (AvgIpc) is 2.29. The molecule has 1 rings (SSSR count). The first kappa shape index (κ1) is 13.9. The first-order chi connectivity index (χ1) is 8.04. The molecule has 2 atom stereocenters. The van der Waals surface area contributed by atoms with E-state index in [4.69, 9.17) is 0 Å². The zero-order valence-electron chi connectivity index (χ0n) is 10.5. The largest absolute Gasteiger partial charge is 0.363 e. The van der Waals surface area contributed by atoms with E-state index in [0.29, 0.717) is 18.1 Å². The number of anilines is 1. The van der Waals surface area contributed by atoms with Crippen LogP contribution in [0.4, 0.5) is 5.82 Å². The summed E-state index contributed by atoms with van der Waals surface area (Å²) in [4.78, 5) is 15.9. The second kappa shape index (κ2) is 6.54. The Morgan fingerprint density at radius 2 is 2.29 bits per heavy atom. The molecule has 0 saturated carbocycles. The molecule has 1 aromatic rings. The first-order valence-electron chi connectivity index (χ1n) is 5.66. The molecule has 0 fully saturated rings. The lowest BCUT2D eigenvalue weighted by molar-refractivity contribution is 0.676. The van der Waals surface area contributed by atoms with E-state index in [1.54, 1.807) is 23.2 Å². The molecule has 6 heteroatoms. The fourth-order valence-corrected chi connectivity index (χ4v) is 2.13. The maximum absolute atomic E-state index is 11.9. The molecule has 0 aromatic carbocycles. The molecule has 5 nitrogen and oxygen atoms in total. The van der Waals surface area contributed by atoms with Gasteiger partial charge < -0.3 is 9.88 Å². The molecule has 2 unspecified atom stereocenters. The summed E-state index contributed by atoms with van der Waals surface area (Å²) in [5.41, 5.74) is -0.112. The molecule has 1 aromatic heterocycles. The molecule has 17 heavy (non-hydrogen) atoms. The van der Waals surface area contributed by atoms with Crippen molar-refractivity contribution in [2.75, 3.05) is 17.3 Å². The zero-order valence-corrected chi connectivity index (χ0v) is 11.3. The van der Waals surface area contributed by atoms with Crippen molar-refractivity contribution in [3.8, 4) is 0 Å². The molecular weight excluding hydrogens is 238 g/mol. The Labute approximate surface area is 104 Å². The summed E-state index contributed by atoms with van der Waals surface area (Å²) in [6.45, 7) is 4.50. The van der Waals surface area contributed by atoms with Crippen LogP contribution in [0, 0.1) is 0 Å². The number of nitrogens with one attached hydrogen (secondary N) is 1. The molecule has 1 heterocycles.